The number of para-hydroxylation sites is 1. The van der Waals surface area contributed by atoms with Crippen LogP contribution in [-0.4, -0.2) is 31.1 Å². The second kappa shape index (κ2) is 6.40. The number of nitrogens with one attached hydrogen (secondary N) is 1. The number of nitriles is 1. The first kappa shape index (κ1) is 14.4. The molecular weight excluding hydrogens is 252 g/mol. The standard InChI is InChI=1S/C15H20N4O/c1-2-13(17)15(20)18-12-7-8-19(10-12)14-6-4-3-5-11(14)9-16/h3-6,12-13H,2,7-8,10,17H2,1H3,(H,18,20). The number of carbonyl (C=O) groups is 1. The van der Waals surface area contributed by atoms with Crippen molar-refractivity contribution in [2.24, 2.45) is 5.73 Å². The minimum absolute atomic E-state index is 0.0899. The van der Waals surface area contributed by atoms with E-state index in [9.17, 15) is 4.79 Å². The molecule has 2 unspecified atom stereocenters. The van der Waals surface area contributed by atoms with E-state index in [0.29, 0.717) is 12.0 Å². The predicted octanol–water partition coefficient (Wildman–Crippen LogP) is 0.990. The van der Waals surface area contributed by atoms with Gasteiger partial charge in [0.2, 0.25) is 5.91 Å². The zero-order valence-electron chi connectivity index (χ0n) is 11.7. The number of hydrogen-bond donors (Lipinski definition) is 2. The summed E-state index contributed by atoms with van der Waals surface area (Å²) in [6.07, 6.45) is 1.52. The van der Waals surface area contributed by atoms with Crippen LogP contribution in [0, 0.1) is 11.3 Å². The monoisotopic (exact) mass is 272 g/mol. The van der Waals surface area contributed by atoms with E-state index < -0.39 is 6.04 Å². The highest BCUT2D eigenvalue weighted by Gasteiger charge is 2.26. The summed E-state index contributed by atoms with van der Waals surface area (Å²) in [5.74, 6) is -0.0899. The summed E-state index contributed by atoms with van der Waals surface area (Å²) in [4.78, 5) is 13.9. The minimum Gasteiger partial charge on any atom is -0.368 e. The Hall–Kier alpha value is -2.06. The largest absolute Gasteiger partial charge is 0.368 e. The molecule has 1 fully saturated rings. The van der Waals surface area contributed by atoms with Crippen molar-refractivity contribution < 1.29 is 4.79 Å². The number of anilines is 1. The first-order valence-electron chi connectivity index (χ1n) is 6.95. The van der Waals surface area contributed by atoms with E-state index >= 15 is 0 Å². The lowest BCUT2D eigenvalue weighted by molar-refractivity contribution is -0.123. The Labute approximate surface area is 119 Å². The van der Waals surface area contributed by atoms with Gasteiger partial charge >= 0.3 is 0 Å². The van der Waals surface area contributed by atoms with E-state index in [1.54, 1.807) is 0 Å². The van der Waals surface area contributed by atoms with Crippen LogP contribution in [0.2, 0.25) is 0 Å². The SMILES string of the molecule is CCC(N)C(=O)NC1CCN(c2ccccc2C#N)C1. The maximum atomic E-state index is 11.8. The smallest absolute Gasteiger partial charge is 0.237 e. The molecule has 1 aromatic carbocycles. The lowest BCUT2D eigenvalue weighted by Gasteiger charge is -2.20. The summed E-state index contributed by atoms with van der Waals surface area (Å²) in [6, 6.07) is 9.42. The lowest BCUT2D eigenvalue weighted by atomic mass is 10.2. The fraction of sp³-hybridized carbons (Fsp3) is 0.467. The molecule has 3 N–H and O–H groups in total. The molecule has 1 amide bonds. The first-order chi connectivity index (χ1) is 9.65. The zero-order valence-corrected chi connectivity index (χ0v) is 11.7. The summed E-state index contributed by atoms with van der Waals surface area (Å²) >= 11 is 0. The van der Waals surface area contributed by atoms with Crippen molar-refractivity contribution in [3.63, 3.8) is 0 Å². The highest BCUT2D eigenvalue weighted by atomic mass is 16.2. The molecule has 0 spiro atoms. The predicted molar refractivity (Wildman–Crippen MR) is 78.2 cm³/mol. The van der Waals surface area contributed by atoms with Gasteiger partial charge in [-0.05, 0) is 25.0 Å². The molecule has 5 nitrogen and oxygen atoms in total. The number of benzene rings is 1. The minimum atomic E-state index is -0.435. The topological polar surface area (TPSA) is 82.2 Å². The van der Waals surface area contributed by atoms with Crippen LogP contribution in [-0.2, 0) is 4.79 Å². The van der Waals surface area contributed by atoms with Crippen LogP contribution in [0.15, 0.2) is 24.3 Å². The van der Waals surface area contributed by atoms with E-state index in [0.717, 1.165) is 25.2 Å². The van der Waals surface area contributed by atoms with E-state index in [1.807, 2.05) is 31.2 Å². The Morgan fingerprint density at radius 3 is 3.05 bits per heavy atom. The second-order valence-corrected chi connectivity index (χ2v) is 5.08. The van der Waals surface area contributed by atoms with Crippen molar-refractivity contribution in [1.82, 2.24) is 5.32 Å². The van der Waals surface area contributed by atoms with Gasteiger partial charge in [-0.2, -0.15) is 5.26 Å². The number of carbonyl (C=O) groups excluding carboxylic acids is 1. The van der Waals surface area contributed by atoms with Crippen LogP contribution in [0.3, 0.4) is 0 Å². The van der Waals surface area contributed by atoms with Gasteiger partial charge in [0.05, 0.1) is 17.3 Å². The van der Waals surface area contributed by atoms with Crippen LogP contribution in [0.5, 0.6) is 0 Å². The Bertz CT molecular complexity index is 523. The molecule has 0 bridgehead atoms. The molecule has 1 heterocycles. The van der Waals surface area contributed by atoms with Crippen LogP contribution < -0.4 is 16.0 Å². The third-order valence-electron chi connectivity index (χ3n) is 3.68. The van der Waals surface area contributed by atoms with Gasteiger partial charge in [0.1, 0.15) is 6.07 Å². The van der Waals surface area contributed by atoms with Gasteiger partial charge in [0.15, 0.2) is 0 Å². The van der Waals surface area contributed by atoms with Gasteiger partial charge in [0, 0.05) is 19.1 Å². The van der Waals surface area contributed by atoms with Crippen molar-refractivity contribution in [1.29, 1.82) is 5.26 Å². The molecular formula is C15H20N4O. The average molecular weight is 272 g/mol. The summed E-state index contributed by atoms with van der Waals surface area (Å²) < 4.78 is 0. The molecule has 0 radical (unpaired) electrons. The summed E-state index contributed by atoms with van der Waals surface area (Å²) in [5, 5.41) is 12.1. The van der Waals surface area contributed by atoms with Gasteiger partial charge in [0.25, 0.3) is 0 Å². The Morgan fingerprint density at radius 2 is 2.35 bits per heavy atom. The van der Waals surface area contributed by atoms with E-state index in [-0.39, 0.29) is 11.9 Å². The Morgan fingerprint density at radius 1 is 1.60 bits per heavy atom. The maximum Gasteiger partial charge on any atom is 0.237 e. The average Bonchev–Trinajstić information content (AvgIpc) is 2.94. The van der Waals surface area contributed by atoms with Gasteiger partial charge in [-0.25, -0.2) is 0 Å². The Balaban J connectivity index is 1.99. The molecule has 1 aliphatic rings. The van der Waals surface area contributed by atoms with Crippen LogP contribution >= 0.6 is 0 Å². The fourth-order valence-corrected chi connectivity index (χ4v) is 2.43. The molecule has 20 heavy (non-hydrogen) atoms. The number of hydrogen-bond acceptors (Lipinski definition) is 4. The second-order valence-electron chi connectivity index (χ2n) is 5.08. The quantitative estimate of drug-likeness (QED) is 0.856. The molecule has 2 rings (SSSR count). The van der Waals surface area contributed by atoms with E-state index in [1.165, 1.54) is 0 Å². The van der Waals surface area contributed by atoms with Gasteiger partial charge in [-0.3, -0.25) is 4.79 Å². The number of amides is 1. The van der Waals surface area contributed by atoms with E-state index in [2.05, 4.69) is 16.3 Å². The number of rotatable bonds is 4. The van der Waals surface area contributed by atoms with Crippen molar-refractivity contribution in [3.8, 4) is 6.07 Å². The highest BCUT2D eigenvalue weighted by molar-refractivity contribution is 5.81. The highest BCUT2D eigenvalue weighted by Crippen LogP contribution is 2.24. The normalized spacial score (nSPS) is 19.4. The van der Waals surface area contributed by atoms with Crippen molar-refractivity contribution in [3.05, 3.63) is 29.8 Å². The molecule has 106 valence electrons. The molecule has 0 aromatic heterocycles. The van der Waals surface area contributed by atoms with Gasteiger partial charge in [-0.1, -0.05) is 19.1 Å². The van der Waals surface area contributed by atoms with Crippen molar-refractivity contribution in [2.45, 2.75) is 31.8 Å². The van der Waals surface area contributed by atoms with Crippen molar-refractivity contribution in [2.75, 3.05) is 18.0 Å². The fourth-order valence-electron chi connectivity index (χ4n) is 2.43. The van der Waals surface area contributed by atoms with Gasteiger partial charge in [-0.15, -0.1) is 0 Å². The Kier molecular flexibility index (Phi) is 4.59. The molecule has 1 aliphatic heterocycles. The molecule has 1 saturated heterocycles. The van der Waals surface area contributed by atoms with E-state index in [4.69, 9.17) is 11.0 Å². The van der Waals surface area contributed by atoms with Crippen LogP contribution in [0.1, 0.15) is 25.3 Å². The van der Waals surface area contributed by atoms with Gasteiger partial charge < -0.3 is 16.0 Å². The zero-order chi connectivity index (χ0) is 14.5. The third kappa shape index (κ3) is 3.09. The third-order valence-corrected chi connectivity index (χ3v) is 3.68. The number of nitrogens with two attached hydrogens (primary N) is 1. The van der Waals surface area contributed by atoms with Crippen molar-refractivity contribution >= 4 is 11.6 Å². The molecule has 0 saturated carbocycles. The van der Waals surface area contributed by atoms with Crippen LogP contribution in [0.25, 0.3) is 0 Å². The molecule has 2 atom stereocenters. The number of nitrogens with zero attached hydrogens (tertiary/aromatic N) is 2. The summed E-state index contributed by atoms with van der Waals surface area (Å²) in [6.45, 7) is 3.46. The molecule has 0 aliphatic carbocycles. The maximum absolute atomic E-state index is 11.8. The molecule has 5 heteroatoms. The van der Waals surface area contributed by atoms with Crippen LogP contribution in [0.4, 0.5) is 5.69 Å². The summed E-state index contributed by atoms with van der Waals surface area (Å²) in [7, 11) is 0. The summed E-state index contributed by atoms with van der Waals surface area (Å²) in [5.41, 5.74) is 7.32. The molecule has 1 aromatic rings. The lowest BCUT2D eigenvalue weighted by Crippen LogP contribution is -2.46. The first-order valence-corrected chi connectivity index (χ1v) is 6.95.